The molecule has 1 aliphatic rings. The maximum Gasteiger partial charge on any atom is 0.237 e. The molecule has 1 aliphatic heterocycles. The van der Waals surface area contributed by atoms with Crippen molar-refractivity contribution >= 4 is 5.91 Å². The van der Waals surface area contributed by atoms with Gasteiger partial charge in [0.2, 0.25) is 5.91 Å². The molecule has 1 atom stereocenters. The van der Waals surface area contributed by atoms with E-state index in [2.05, 4.69) is 17.6 Å². The van der Waals surface area contributed by atoms with Crippen LogP contribution >= 0.6 is 0 Å². The molecule has 0 aromatic heterocycles. The highest BCUT2D eigenvalue weighted by atomic mass is 16.2. The third-order valence-electron chi connectivity index (χ3n) is 2.71. The number of hydrogen-bond donors (Lipinski definition) is 2. The first-order valence-corrected chi connectivity index (χ1v) is 5.85. The normalized spacial score (nSPS) is 21.9. The van der Waals surface area contributed by atoms with Crippen molar-refractivity contribution in [2.24, 2.45) is 0 Å². The van der Waals surface area contributed by atoms with E-state index in [1.165, 1.54) is 25.7 Å². The van der Waals surface area contributed by atoms with Crippen LogP contribution in [0.4, 0.5) is 0 Å². The van der Waals surface area contributed by atoms with E-state index in [-0.39, 0.29) is 11.9 Å². The number of rotatable bonds is 5. The van der Waals surface area contributed by atoms with E-state index in [1.54, 1.807) is 0 Å². The second-order valence-corrected chi connectivity index (χ2v) is 4.00. The van der Waals surface area contributed by atoms with Crippen molar-refractivity contribution in [2.45, 2.75) is 51.5 Å². The highest BCUT2D eigenvalue weighted by molar-refractivity contribution is 5.81. The van der Waals surface area contributed by atoms with Gasteiger partial charge in [-0.05, 0) is 25.8 Å². The summed E-state index contributed by atoms with van der Waals surface area (Å²) in [7, 11) is 0. The summed E-state index contributed by atoms with van der Waals surface area (Å²) in [5.74, 6) is 0.195. The Morgan fingerprint density at radius 2 is 2.29 bits per heavy atom. The minimum atomic E-state index is 0.0744. The Labute approximate surface area is 86.6 Å². The molecule has 0 unspecified atom stereocenters. The third kappa shape index (κ3) is 4.09. The van der Waals surface area contributed by atoms with Crippen LogP contribution in [-0.4, -0.2) is 25.0 Å². The summed E-state index contributed by atoms with van der Waals surface area (Å²) in [6.45, 7) is 4.00. The predicted molar refractivity (Wildman–Crippen MR) is 58.2 cm³/mol. The summed E-state index contributed by atoms with van der Waals surface area (Å²) >= 11 is 0. The lowest BCUT2D eigenvalue weighted by Gasteiger charge is -2.22. The van der Waals surface area contributed by atoms with Gasteiger partial charge in [-0.3, -0.25) is 4.79 Å². The second kappa shape index (κ2) is 6.82. The summed E-state index contributed by atoms with van der Waals surface area (Å²) in [6, 6.07) is 0.0744. The molecule has 3 nitrogen and oxygen atoms in total. The van der Waals surface area contributed by atoms with Crippen molar-refractivity contribution in [1.29, 1.82) is 0 Å². The molecule has 82 valence electrons. The van der Waals surface area contributed by atoms with Crippen LogP contribution in [-0.2, 0) is 4.79 Å². The maximum atomic E-state index is 11.6. The average molecular weight is 198 g/mol. The molecule has 0 bridgehead atoms. The quantitative estimate of drug-likeness (QED) is 0.656. The molecule has 2 N–H and O–H groups in total. The number of nitrogens with one attached hydrogen (secondary N) is 2. The molecule has 3 heteroatoms. The van der Waals surface area contributed by atoms with Crippen LogP contribution < -0.4 is 10.6 Å². The van der Waals surface area contributed by atoms with Gasteiger partial charge in [-0.15, -0.1) is 0 Å². The van der Waals surface area contributed by atoms with Gasteiger partial charge in [0.25, 0.3) is 0 Å². The Morgan fingerprint density at radius 1 is 1.43 bits per heavy atom. The highest BCUT2D eigenvalue weighted by Gasteiger charge is 2.19. The zero-order chi connectivity index (χ0) is 10.2. The number of piperidine rings is 1. The number of hydrogen-bond acceptors (Lipinski definition) is 2. The lowest BCUT2D eigenvalue weighted by atomic mass is 10.0. The van der Waals surface area contributed by atoms with Gasteiger partial charge in [-0.1, -0.05) is 26.2 Å². The van der Waals surface area contributed by atoms with E-state index in [1.807, 2.05) is 0 Å². The summed E-state index contributed by atoms with van der Waals surface area (Å²) in [5.41, 5.74) is 0. The number of unbranched alkanes of at least 4 members (excludes halogenated alkanes) is 2. The van der Waals surface area contributed by atoms with E-state index < -0.39 is 0 Å². The topological polar surface area (TPSA) is 41.1 Å². The Hall–Kier alpha value is -0.570. The first-order chi connectivity index (χ1) is 6.84. The Kier molecular flexibility index (Phi) is 5.60. The summed E-state index contributed by atoms with van der Waals surface area (Å²) in [5, 5.41) is 6.23. The molecule has 0 aromatic carbocycles. The molecular formula is C11H22N2O. The number of carbonyl (C=O) groups is 1. The van der Waals surface area contributed by atoms with Gasteiger partial charge in [-0.25, -0.2) is 0 Å². The minimum Gasteiger partial charge on any atom is -0.355 e. The molecule has 0 saturated carbocycles. The smallest absolute Gasteiger partial charge is 0.237 e. The summed E-state index contributed by atoms with van der Waals surface area (Å²) < 4.78 is 0. The average Bonchev–Trinajstić information content (AvgIpc) is 2.25. The second-order valence-electron chi connectivity index (χ2n) is 4.00. The lowest BCUT2D eigenvalue weighted by Crippen LogP contribution is -2.46. The molecule has 0 radical (unpaired) electrons. The summed E-state index contributed by atoms with van der Waals surface area (Å²) in [4.78, 5) is 11.6. The van der Waals surface area contributed by atoms with Crippen LogP contribution in [0.15, 0.2) is 0 Å². The first-order valence-electron chi connectivity index (χ1n) is 5.85. The minimum absolute atomic E-state index is 0.0744. The Morgan fingerprint density at radius 3 is 2.93 bits per heavy atom. The van der Waals surface area contributed by atoms with Crippen LogP contribution in [0.2, 0.25) is 0 Å². The fraction of sp³-hybridized carbons (Fsp3) is 0.909. The van der Waals surface area contributed by atoms with Gasteiger partial charge in [-0.2, -0.15) is 0 Å². The van der Waals surface area contributed by atoms with Crippen molar-refractivity contribution in [2.75, 3.05) is 13.1 Å². The molecule has 14 heavy (non-hydrogen) atoms. The highest BCUT2D eigenvalue weighted by Crippen LogP contribution is 2.06. The maximum absolute atomic E-state index is 11.6. The van der Waals surface area contributed by atoms with Crippen LogP contribution in [0.1, 0.15) is 45.4 Å². The number of carbonyl (C=O) groups excluding carboxylic acids is 1. The predicted octanol–water partition coefficient (Wildman–Crippen LogP) is 1.43. The van der Waals surface area contributed by atoms with Crippen molar-refractivity contribution in [1.82, 2.24) is 10.6 Å². The molecule has 0 aliphatic carbocycles. The fourth-order valence-corrected chi connectivity index (χ4v) is 1.79. The van der Waals surface area contributed by atoms with Crippen molar-refractivity contribution < 1.29 is 4.79 Å². The van der Waals surface area contributed by atoms with Crippen molar-refractivity contribution in [3.05, 3.63) is 0 Å². The SMILES string of the molecule is CCCCCNC(=O)[C@H]1CCCCN1. The van der Waals surface area contributed by atoms with Crippen LogP contribution in [0, 0.1) is 0 Å². The van der Waals surface area contributed by atoms with E-state index in [4.69, 9.17) is 0 Å². The Bertz CT molecular complexity index is 165. The van der Waals surface area contributed by atoms with Gasteiger partial charge in [0.1, 0.15) is 0 Å². The molecule has 0 spiro atoms. The van der Waals surface area contributed by atoms with E-state index in [0.29, 0.717) is 0 Å². The van der Waals surface area contributed by atoms with E-state index in [9.17, 15) is 4.79 Å². The van der Waals surface area contributed by atoms with Crippen LogP contribution in [0.3, 0.4) is 0 Å². The van der Waals surface area contributed by atoms with Gasteiger partial charge in [0, 0.05) is 6.54 Å². The molecule has 1 amide bonds. The molecule has 1 saturated heterocycles. The molecular weight excluding hydrogens is 176 g/mol. The van der Waals surface area contributed by atoms with Crippen molar-refractivity contribution in [3.8, 4) is 0 Å². The van der Waals surface area contributed by atoms with Crippen molar-refractivity contribution in [3.63, 3.8) is 0 Å². The van der Waals surface area contributed by atoms with Gasteiger partial charge in [0.15, 0.2) is 0 Å². The molecule has 1 fully saturated rings. The fourth-order valence-electron chi connectivity index (χ4n) is 1.79. The first kappa shape index (κ1) is 11.5. The van der Waals surface area contributed by atoms with Gasteiger partial charge < -0.3 is 10.6 Å². The van der Waals surface area contributed by atoms with E-state index >= 15 is 0 Å². The standard InChI is InChI=1S/C11H22N2O/c1-2-3-5-9-13-11(14)10-7-4-6-8-12-10/h10,12H,2-9H2,1H3,(H,13,14)/t10-/m1/s1. The largest absolute Gasteiger partial charge is 0.355 e. The van der Waals surface area contributed by atoms with Gasteiger partial charge >= 0.3 is 0 Å². The molecule has 1 rings (SSSR count). The summed E-state index contributed by atoms with van der Waals surface area (Å²) in [6.07, 6.45) is 6.91. The van der Waals surface area contributed by atoms with Crippen LogP contribution in [0.5, 0.6) is 0 Å². The third-order valence-corrected chi connectivity index (χ3v) is 2.71. The van der Waals surface area contributed by atoms with Gasteiger partial charge in [0.05, 0.1) is 6.04 Å². The number of amides is 1. The molecule has 0 aromatic rings. The zero-order valence-corrected chi connectivity index (χ0v) is 9.14. The van der Waals surface area contributed by atoms with E-state index in [0.717, 1.165) is 25.9 Å². The zero-order valence-electron chi connectivity index (χ0n) is 9.14. The lowest BCUT2D eigenvalue weighted by molar-refractivity contribution is -0.123. The molecule has 1 heterocycles. The Balaban J connectivity index is 2.07. The monoisotopic (exact) mass is 198 g/mol. The van der Waals surface area contributed by atoms with Crippen LogP contribution in [0.25, 0.3) is 0 Å².